The van der Waals surface area contributed by atoms with Gasteiger partial charge in [-0.05, 0) is 13.8 Å². The number of carbonyl (C=O) groups is 1. The third-order valence-electron chi connectivity index (χ3n) is 2.25. The van der Waals surface area contributed by atoms with Crippen molar-refractivity contribution in [2.24, 2.45) is 0 Å². The molecule has 0 spiro atoms. The molecule has 0 aliphatic carbocycles. The summed E-state index contributed by atoms with van der Waals surface area (Å²) < 4.78 is 6.54. The molecule has 2 rings (SSSR count). The number of esters is 1. The summed E-state index contributed by atoms with van der Waals surface area (Å²) in [4.78, 5) is 15.6. The minimum Gasteiger partial charge on any atom is -0.461 e. The Bertz CT molecular complexity index is 402. The van der Waals surface area contributed by atoms with Crippen LogP contribution in [0.5, 0.6) is 0 Å². The largest absolute Gasteiger partial charge is 0.461 e. The van der Waals surface area contributed by atoms with Gasteiger partial charge in [-0.3, -0.25) is 4.57 Å². The first kappa shape index (κ1) is 10.5. The van der Waals surface area contributed by atoms with Gasteiger partial charge in [0.2, 0.25) is 0 Å². The molecule has 0 radical (unpaired) electrons. The second-order valence-electron chi connectivity index (χ2n) is 3.21. The number of nitrogens with zero attached hydrogens (tertiary/aromatic N) is 2. The minimum atomic E-state index is -0.583. The molecule has 0 fully saturated rings. The van der Waals surface area contributed by atoms with E-state index in [0.29, 0.717) is 28.9 Å². The molecule has 0 amide bonds. The molecule has 0 unspecified atom stereocenters. The van der Waals surface area contributed by atoms with Gasteiger partial charge in [0.25, 0.3) is 0 Å². The van der Waals surface area contributed by atoms with E-state index in [1.165, 1.54) is 11.8 Å². The molecule has 82 valence electrons. The van der Waals surface area contributed by atoms with Gasteiger partial charge in [-0.1, -0.05) is 11.8 Å². The van der Waals surface area contributed by atoms with Crippen LogP contribution >= 0.6 is 11.8 Å². The maximum absolute atomic E-state index is 11.5. The standard InChI is InChI=1S/C9H12N2O3S/c1-3-14-8(13)7-5(2)11-6(12)4-15-9(11)10-7/h6,12H,3-4H2,1-2H3/t6-/m0/s1. The fourth-order valence-electron chi connectivity index (χ4n) is 1.56. The van der Waals surface area contributed by atoms with Gasteiger partial charge >= 0.3 is 5.97 Å². The van der Waals surface area contributed by atoms with Gasteiger partial charge in [0.1, 0.15) is 6.23 Å². The van der Waals surface area contributed by atoms with Crippen molar-refractivity contribution in [1.82, 2.24) is 9.55 Å². The third-order valence-corrected chi connectivity index (χ3v) is 3.26. The molecule has 1 aliphatic heterocycles. The molecular weight excluding hydrogens is 216 g/mol. The second kappa shape index (κ2) is 3.86. The van der Waals surface area contributed by atoms with Gasteiger partial charge in [-0.15, -0.1) is 0 Å². The fraction of sp³-hybridized carbons (Fsp3) is 0.556. The zero-order valence-electron chi connectivity index (χ0n) is 8.56. The van der Waals surface area contributed by atoms with Crippen molar-refractivity contribution in [3.05, 3.63) is 11.4 Å². The number of aliphatic hydroxyl groups is 1. The molecule has 2 heterocycles. The predicted octanol–water partition coefficient (Wildman–Crippen LogP) is 0.965. The van der Waals surface area contributed by atoms with E-state index >= 15 is 0 Å². The van der Waals surface area contributed by atoms with Crippen LogP contribution in [-0.2, 0) is 4.74 Å². The number of hydrogen-bond acceptors (Lipinski definition) is 5. The number of fused-ring (bicyclic) bond motifs is 1. The summed E-state index contributed by atoms with van der Waals surface area (Å²) in [5, 5.41) is 10.3. The van der Waals surface area contributed by atoms with E-state index in [0.717, 1.165) is 0 Å². The Morgan fingerprint density at radius 3 is 3.13 bits per heavy atom. The van der Waals surface area contributed by atoms with Gasteiger partial charge in [0.05, 0.1) is 12.3 Å². The SMILES string of the molecule is CCOC(=O)c1nc2n(c1C)[C@@H](O)CS2. The van der Waals surface area contributed by atoms with Gasteiger partial charge in [-0.2, -0.15) is 0 Å². The summed E-state index contributed by atoms with van der Waals surface area (Å²) in [5.74, 6) is 0.163. The molecule has 15 heavy (non-hydrogen) atoms. The minimum absolute atomic E-state index is 0.304. The van der Waals surface area contributed by atoms with Gasteiger partial charge in [0.15, 0.2) is 10.9 Å². The number of imidazole rings is 1. The summed E-state index contributed by atoms with van der Waals surface area (Å²) in [5.41, 5.74) is 0.971. The van der Waals surface area contributed by atoms with Gasteiger partial charge in [-0.25, -0.2) is 9.78 Å². The van der Waals surface area contributed by atoms with Crippen molar-refractivity contribution in [3.63, 3.8) is 0 Å². The van der Waals surface area contributed by atoms with Crippen LogP contribution < -0.4 is 0 Å². The fourth-order valence-corrected chi connectivity index (χ4v) is 2.56. The third kappa shape index (κ3) is 1.63. The molecule has 5 nitrogen and oxygen atoms in total. The highest BCUT2D eigenvalue weighted by Gasteiger charge is 2.28. The molecule has 1 aliphatic rings. The lowest BCUT2D eigenvalue weighted by Gasteiger charge is -2.06. The number of rotatable bonds is 2. The first-order valence-corrected chi connectivity index (χ1v) is 5.70. The molecule has 1 aromatic rings. The highest BCUT2D eigenvalue weighted by molar-refractivity contribution is 7.99. The van der Waals surface area contributed by atoms with Crippen LogP contribution in [0, 0.1) is 6.92 Å². The molecule has 0 saturated carbocycles. The van der Waals surface area contributed by atoms with Gasteiger partial charge < -0.3 is 9.84 Å². The number of hydrogen-bond donors (Lipinski definition) is 1. The number of thioether (sulfide) groups is 1. The molecule has 0 bridgehead atoms. The summed E-state index contributed by atoms with van der Waals surface area (Å²) in [6.45, 7) is 3.84. The number of ether oxygens (including phenoxy) is 1. The first-order chi connectivity index (χ1) is 7.15. The first-order valence-electron chi connectivity index (χ1n) is 4.72. The molecular formula is C9H12N2O3S. The summed E-state index contributed by atoms with van der Waals surface area (Å²) >= 11 is 1.44. The van der Waals surface area contributed by atoms with Crippen LogP contribution in [-0.4, -0.2) is 33.0 Å². The van der Waals surface area contributed by atoms with Gasteiger partial charge in [0, 0.05) is 5.75 Å². The van der Waals surface area contributed by atoms with Crippen molar-refractivity contribution in [1.29, 1.82) is 0 Å². The molecule has 1 atom stereocenters. The van der Waals surface area contributed by atoms with E-state index in [-0.39, 0.29) is 0 Å². The summed E-state index contributed by atoms with van der Waals surface area (Å²) in [6.07, 6.45) is -0.583. The quantitative estimate of drug-likeness (QED) is 0.764. The van der Waals surface area contributed by atoms with E-state index in [1.54, 1.807) is 18.4 Å². The lowest BCUT2D eigenvalue weighted by molar-refractivity contribution is 0.0518. The summed E-state index contributed by atoms with van der Waals surface area (Å²) in [7, 11) is 0. The van der Waals surface area contributed by atoms with Crippen LogP contribution in [0.1, 0.15) is 29.3 Å². The number of carbonyl (C=O) groups excluding carboxylic acids is 1. The Hall–Kier alpha value is -1.01. The zero-order chi connectivity index (χ0) is 11.0. The van der Waals surface area contributed by atoms with E-state index < -0.39 is 12.2 Å². The van der Waals surface area contributed by atoms with E-state index in [1.807, 2.05) is 0 Å². The van der Waals surface area contributed by atoms with Crippen LogP contribution in [0.4, 0.5) is 0 Å². The van der Waals surface area contributed by atoms with Crippen LogP contribution in [0.25, 0.3) is 0 Å². The smallest absolute Gasteiger partial charge is 0.358 e. The molecule has 1 aromatic heterocycles. The van der Waals surface area contributed by atoms with Crippen molar-refractivity contribution in [2.45, 2.75) is 25.2 Å². The van der Waals surface area contributed by atoms with Crippen molar-refractivity contribution < 1.29 is 14.6 Å². The Kier molecular flexibility index (Phi) is 2.70. The van der Waals surface area contributed by atoms with E-state index in [2.05, 4.69) is 4.98 Å². The van der Waals surface area contributed by atoms with Crippen molar-refractivity contribution in [2.75, 3.05) is 12.4 Å². The van der Waals surface area contributed by atoms with Crippen LogP contribution in [0.3, 0.4) is 0 Å². The number of aliphatic hydroxyl groups excluding tert-OH is 1. The molecule has 1 N–H and O–H groups in total. The highest BCUT2D eigenvalue weighted by atomic mass is 32.2. The monoisotopic (exact) mass is 228 g/mol. The Morgan fingerprint density at radius 2 is 2.53 bits per heavy atom. The normalized spacial score (nSPS) is 19.0. The maximum atomic E-state index is 11.5. The Balaban J connectivity index is 2.36. The van der Waals surface area contributed by atoms with Crippen molar-refractivity contribution in [3.8, 4) is 0 Å². The predicted molar refractivity (Wildman–Crippen MR) is 54.9 cm³/mol. The topological polar surface area (TPSA) is 64.3 Å². The zero-order valence-corrected chi connectivity index (χ0v) is 9.37. The number of aromatic nitrogens is 2. The highest BCUT2D eigenvalue weighted by Crippen LogP contribution is 2.33. The Morgan fingerprint density at radius 1 is 1.80 bits per heavy atom. The van der Waals surface area contributed by atoms with Crippen molar-refractivity contribution >= 4 is 17.7 Å². The lowest BCUT2D eigenvalue weighted by Crippen LogP contribution is -2.11. The lowest BCUT2D eigenvalue weighted by atomic mass is 10.3. The average Bonchev–Trinajstić information content (AvgIpc) is 2.70. The molecule has 0 saturated heterocycles. The summed E-state index contributed by atoms with van der Waals surface area (Å²) in [6, 6.07) is 0. The maximum Gasteiger partial charge on any atom is 0.358 e. The second-order valence-corrected chi connectivity index (χ2v) is 4.20. The van der Waals surface area contributed by atoms with Crippen LogP contribution in [0.15, 0.2) is 5.16 Å². The van der Waals surface area contributed by atoms with E-state index in [4.69, 9.17) is 4.74 Å². The molecule has 6 heteroatoms. The average molecular weight is 228 g/mol. The van der Waals surface area contributed by atoms with Crippen LogP contribution in [0.2, 0.25) is 0 Å². The Labute approximate surface area is 91.4 Å². The molecule has 0 aromatic carbocycles. The van der Waals surface area contributed by atoms with E-state index in [9.17, 15) is 9.90 Å².